The molecule has 0 radical (unpaired) electrons. The molecule has 8 nitrogen and oxygen atoms in total. The molecule has 1 aromatic carbocycles. The molecule has 4 aromatic rings. The van der Waals surface area contributed by atoms with Crippen molar-refractivity contribution < 1.29 is 9.47 Å². The maximum Gasteiger partial charge on any atom is 0.162 e. The highest BCUT2D eigenvalue weighted by molar-refractivity contribution is 5.95. The molecule has 1 atom stereocenters. The average molecular weight is 445 g/mol. The van der Waals surface area contributed by atoms with Crippen molar-refractivity contribution >= 4 is 16.7 Å². The van der Waals surface area contributed by atoms with Crippen molar-refractivity contribution in [3.05, 3.63) is 53.5 Å². The molecule has 0 saturated carbocycles. The molecular weight excluding hydrogens is 416 g/mol. The number of nitrogens with zero attached hydrogens (tertiary/aromatic N) is 5. The van der Waals surface area contributed by atoms with Crippen LogP contribution in [0, 0.1) is 13.8 Å². The Hall–Kier alpha value is -3.68. The van der Waals surface area contributed by atoms with Gasteiger partial charge in [-0.3, -0.25) is 5.10 Å². The molecule has 5 rings (SSSR count). The molecule has 1 aliphatic rings. The molecule has 4 heterocycles. The van der Waals surface area contributed by atoms with Crippen LogP contribution in [0.2, 0.25) is 0 Å². The van der Waals surface area contributed by atoms with E-state index in [1.165, 1.54) is 12.8 Å². The molecule has 1 saturated heterocycles. The number of benzene rings is 1. The normalized spacial score (nSPS) is 14.6. The molecule has 0 amide bonds. The van der Waals surface area contributed by atoms with Crippen LogP contribution in [0.25, 0.3) is 22.2 Å². The SMILES string of the molecule is COc1cc2[nH]nc(-c3ccc(N4CCCC4)nc3)c2cc1OC(C)c1c(C)cnnc1C. The van der Waals surface area contributed by atoms with Crippen molar-refractivity contribution in [1.29, 1.82) is 0 Å². The monoisotopic (exact) mass is 444 g/mol. The minimum Gasteiger partial charge on any atom is -0.493 e. The van der Waals surface area contributed by atoms with Crippen LogP contribution in [0.3, 0.4) is 0 Å². The predicted octanol–water partition coefficient (Wildman–Crippen LogP) is 4.78. The number of aromatic nitrogens is 5. The van der Waals surface area contributed by atoms with E-state index in [0.29, 0.717) is 11.5 Å². The first kappa shape index (κ1) is 21.2. The van der Waals surface area contributed by atoms with Gasteiger partial charge in [-0.15, -0.1) is 0 Å². The molecule has 0 bridgehead atoms. The Bertz CT molecular complexity index is 1260. The van der Waals surface area contributed by atoms with Gasteiger partial charge in [0.2, 0.25) is 0 Å². The quantitative estimate of drug-likeness (QED) is 0.458. The van der Waals surface area contributed by atoms with Crippen molar-refractivity contribution in [3.63, 3.8) is 0 Å². The number of hydrogen-bond acceptors (Lipinski definition) is 7. The first-order chi connectivity index (χ1) is 16.0. The summed E-state index contributed by atoms with van der Waals surface area (Å²) in [5.41, 5.74) is 5.60. The van der Waals surface area contributed by atoms with Gasteiger partial charge >= 0.3 is 0 Å². The second kappa shape index (κ2) is 8.69. The standard InChI is InChI=1S/C25H28N6O2/c1-15-13-27-28-16(2)24(15)17(3)33-22-11-19-20(12-21(22)32-4)29-30-25(19)18-7-8-23(26-14-18)31-9-5-6-10-31/h7-8,11-14,17H,5-6,9-10H2,1-4H3,(H,29,30). The lowest BCUT2D eigenvalue weighted by atomic mass is 10.0. The maximum atomic E-state index is 6.38. The number of aryl methyl sites for hydroxylation is 2. The molecule has 1 fully saturated rings. The molecule has 8 heteroatoms. The van der Waals surface area contributed by atoms with E-state index in [1.54, 1.807) is 13.3 Å². The van der Waals surface area contributed by atoms with Crippen LogP contribution in [-0.2, 0) is 0 Å². The highest BCUT2D eigenvalue weighted by Crippen LogP contribution is 2.38. The summed E-state index contributed by atoms with van der Waals surface area (Å²) >= 11 is 0. The van der Waals surface area contributed by atoms with Gasteiger partial charge in [-0.2, -0.15) is 15.3 Å². The summed E-state index contributed by atoms with van der Waals surface area (Å²) in [5, 5.41) is 16.9. The van der Waals surface area contributed by atoms with Crippen molar-refractivity contribution in [3.8, 4) is 22.8 Å². The summed E-state index contributed by atoms with van der Waals surface area (Å²) in [4.78, 5) is 7.01. The Morgan fingerprint density at radius 1 is 1.06 bits per heavy atom. The number of aromatic amines is 1. The molecule has 3 aromatic heterocycles. The highest BCUT2D eigenvalue weighted by Gasteiger charge is 2.20. The minimum absolute atomic E-state index is 0.219. The topological polar surface area (TPSA) is 89.0 Å². The zero-order valence-electron chi connectivity index (χ0n) is 19.4. The minimum atomic E-state index is -0.219. The number of hydrogen-bond donors (Lipinski definition) is 1. The van der Waals surface area contributed by atoms with Crippen molar-refractivity contribution in [2.45, 2.75) is 39.7 Å². The van der Waals surface area contributed by atoms with Crippen molar-refractivity contribution in [1.82, 2.24) is 25.4 Å². The average Bonchev–Trinajstić information content (AvgIpc) is 3.49. The van der Waals surface area contributed by atoms with Gasteiger partial charge < -0.3 is 14.4 Å². The summed E-state index contributed by atoms with van der Waals surface area (Å²) in [6.07, 6.45) is 5.89. The zero-order chi connectivity index (χ0) is 22.9. The fourth-order valence-electron chi connectivity index (χ4n) is 4.63. The van der Waals surface area contributed by atoms with Gasteiger partial charge in [0.15, 0.2) is 11.5 Å². The van der Waals surface area contributed by atoms with Gasteiger partial charge in [0.25, 0.3) is 0 Å². The Kier molecular flexibility index (Phi) is 5.58. The molecule has 1 unspecified atom stereocenters. The van der Waals surface area contributed by atoms with Gasteiger partial charge in [-0.1, -0.05) is 0 Å². The zero-order valence-corrected chi connectivity index (χ0v) is 19.4. The van der Waals surface area contributed by atoms with Gasteiger partial charge in [0, 0.05) is 41.9 Å². The smallest absolute Gasteiger partial charge is 0.162 e. The number of pyridine rings is 1. The van der Waals surface area contributed by atoms with Gasteiger partial charge in [-0.25, -0.2) is 4.98 Å². The number of anilines is 1. The van der Waals surface area contributed by atoms with Crippen LogP contribution in [0.15, 0.2) is 36.7 Å². The second-order valence-electron chi connectivity index (χ2n) is 8.51. The largest absolute Gasteiger partial charge is 0.493 e. The highest BCUT2D eigenvalue weighted by atomic mass is 16.5. The molecule has 1 aliphatic heterocycles. The third kappa shape index (κ3) is 3.97. The molecule has 33 heavy (non-hydrogen) atoms. The number of ether oxygens (including phenoxy) is 2. The summed E-state index contributed by atoms with van der Waals surface area (Å²) in [6.45, 7) is 8.12. The predicted molar refractivity (Wildman–Crippen MR) is 128 cm³/mol. The summed E-state index contributed by atoms with van der Waals surface area (Å²) in [6, 6.07) is 8.06. The van der Waals surface area contributed by atoms with E-state index in [2.05, 4.69) is 37.4 Å². The Morgan fingerprint density at radius 3 is 2.58 bits per heavy atom. The van der Waals surface area contributed by atoms with E-state index >= 15 is 0 Å². The maximum absolute atomic E-state index is 6.38. The number of methoxy groups -OCH3 is 1. The number of rotatable bonds is 6. The van der Waals surface area contributed by atoms with Crippen LogP contribution in [0.4, 0.5) is 5.82 Å². The Morgan fingerprint density at radius 2 is 1.88 bits per heavy atom. The van der Waals surface area contributed by atoms with Crippen LogP contribution >= 0.6 is 0 Å². The van der Waals surface area contributed by atoms with E-state index < -0.39 is 0 Å². The molecule has 170 valence electrons. The van der Waals surface area contributed by atoms with Crippen molar-refractivity contribution in [2.24, 2.45) is 0 Å². The van der Waals surface area contributed by atoms with Crippen LogP contribution in [0.1, 0.15) is 42.7 Å². The Labute approximate surface area is 193 Å². The fourth-order valence-corrected chi connectivity index (χ4v) is 4.63. The van der Waals surface area contributed by atoms with Crippen LogP contribution in [0.5, 0.6) is 11.5 Å². The van der Waals surface area contributed by atoms with E-state index in [1.807, 2.05) is 39.1 Å². The summed E-state index contributed by atoms with van der Waals surface area (Å²) < 4.78 is 12.0. The van der Waals surface area contributed by atoms with E-state index in [-0.39, 0.29) is 6.10 Å². The van der Waals surface area contributed by atoms with E-state index in [4.69, 9.17) is 14.5 Å². The van der Waals surface area contributed by atoms with Crippen LogP contribution < -0.4 is 14.4 Å². The Balaban J connectivity index is 1.49. The summed E-state index contributed by atoms with van der Waals surface area (Å²) in [5.74, 6) is 2.31. The molecular formula is C25H28N6O2. The van der Waals surface area contributed by atoms with Gasteiger partial charge in [0.1, 0.15) is 17.6 Å². The van der Waals surface area contributed by atoms with E-state index in [9.17, 15) is 0 Å². The number of fused-ring (bicyclic) bond motifs is 1. The molecule has 1 N–H and O–H groups in total. The number of nitrogens with one attached hydrogen (secondary N) is 1. The lowest BCUT2D eigenvalue weighted by Crippen LogP contribution is -2.18. The lowest BCUT2D eigenvalue weighted by Gasteiger charge is -2.20. The fraction of sp³-hybridized carbons (Fsp3) is 0.360. The van der Waals surface area contributed by atoms with Gasteiger partial charge in [-0.05, 0) is 57.4 Å². The molecule has 0 aliphatic carbocycles. The van der Waals surface area contributed by atoms with Gasteiger partial charge in [0.05, 0.1) is 24.5 Å². The number of H-pyrrole nitrogens is 1. The van der Waals surface area contributed by atoms with Crippen LogP contribution in [-0.4, -0.2) is 45.6 Å². The summed E-state index contributed by atoms with van der Waals surface area (Å²) in [7, 11) is 1.64. The first-order valence-electron chi connectivity index (χ1n) is 11.3. The first-order valence-corrected chi connectivity index (χ1v) is 11.3. The third-order valence-electron chi connectivity index (χ3n) is 6.28. The van der Waals surface area contributed by atoms with E-state index in [0.717, 1.165) is 57.9 Å². The van der Waals surface area contributed by atoms with Crippen molar-refractivity contribution in [2.75, 3.05) is 25.1 Å². The molecule has 0 spiro atoms. The third-order valence-corrected chi connectivity index (χ3v) is 6.28. The lowest BCUT2D eigenvalue weighted by molar-refractivity contribution is 0.214. The second-order valence-corrected chi connectivity index (χ2v) is 8.51.